The largest absolute Gasteiger partial charge is 0.330 e. The van der Waals surface area contributed by atoms with Crippen LogP contribution in [0.1, 0.15) is 18.5 Å². The van der Waals surface area contributed by atoms with Gasteiger partial charge in [-0.05, 0) is 12.5 Å². The first-order valence-electron chi connectivity index (χ1n) is 5.23. The summed E-state index contributed by atoms with van der Waals surface area (Å²) in [6.07, 6.45) is 5.20. The fourth-order valence-corrected chi connectivity index (χ4v) is 1.46. The molecule has 0 bridgehead atoms. The van der Waals surface area contributed by atoms with E-state index in [4.69, 9.17) is 12.2 Å². The van der Waals surface area contributed by atoms with Gasteiger partial charge in [0.1, 0.15) is 6.04 Å². The second-order valence-electron chi connectivity index (χ2n) is 3.44. The van der Waals surface area contributed by atoms with E-state index in [2.05, 4.69) is 5.92 Å². The molecule has 0 fully saturated rings. The number of likely N-dealkylation sites (N-methyl/N-ethyl adjacent to an activating group) is 1. The minimum atomic E-state index is -0.630. The minimum absolute atomic E-state index is 0.133. The van der Waals surface area contributed by atoms with Crippen molar-refractivity contribution in [1.82, 2.24) is 4.90 Å². The topological polar surface area (TPSA) is 46.3 Å². The minimum Gasteiger partial charge on any atom is -0.330 e. The summed E-state index contributed by atoms with van der Waals surface area (Å²) in [4.78, 5) is 13.5. The number of carbonyl (C=O) groups excluding carboxylic acids is 1. The van der Waals surface area contributed by atoms with Crippen molar-refractivity contribution < 1.29 is 4.79 Å². The lowest BCUT2D eigenvalue weighted by Crippen LogP contribution is -2.38. The third kappa shape index (κ3) is 2.85. The van der Waals surface area contributed by atoms with Crippen molar-refractivity contribution in [2.45, 2.75) is 13.0 Å². The van der Waals surface area contributed by atoms with Gasteiger partial charge in [0.25, 0.3) is 0 Å². The van der Waals surface area contributed by atoms with E-state index >= 15 is 0 Å². The molecular weight excluding hydrogens is 200 g/mol. The van der Waals surface area contributed by atoms with Gasteiger partial charge in [0.15, 0.2) is 0 Å². The number of nitrogens with two attached hydrogens (primary N) is 1. The van der Waals surface area contributed by atoms with Crippen molar-refractivity contribution in [3.63, 3.8) is 0 Å². The van der Waals surface area contributed by atoms with E-state index in [1.165, 1.54) is 0 Å². The van der Waals surface area contributed by atoms with Crippen LogP contribution in [-0.2, 0) is 4.79 Å². The van der Waals surface area contributed by atoms with Crippen LogP contribution in [0.25, 0.3) is 0 Å². The highest BCUT2D eigenvalue weighted by Crippen LogP contribution is 2.12. The molecule has 0 saturated carbocycles. The predicted octanol–water partition coefficient (Wildman–Crippen LogP) is 1.17. The lowest BCUT2D eigenvalue weighted by atomic mass is 10.1. The van der Waals surface area contributed by atoms with Crippen LogP contribution < -0.4 is 5.73 Å². The molecule has 16 heavy (non-hydrogen) atoms. The number of hydrogen-bond acceptors (Lipinski definition) is 2. The number of carbonyl (C=O) groups is 1. The zero-order valence-corrected chi connectivity index (χ0v) is 9.39. The smallest absolute Gasteiger partial charge is 0.244 e. The molecule has 0 aliphatic carbocycles. The number of nitrogens with zero attached hydrogens (tertiary/aromatic N) is 1. The maximum atomic E-state index is 12.0. The molecule has 0 aromatic heterocycles. The molecule has 1 aromatic rings. The Morgan fingerprint density at radius 1 is 1.50 bits per heavy atom. The van der Waals surface area contributed by atoms with E-state index in [-0.39, 0.29) is 5.91 Å². The summed E-state index contributed by atoms with van der Waals surface area (Å²) in [7, 11) is 0. The average Bonchev–Trinajstić information content (AvgIpc) is 2.35. The highest BCUT2D eigenvalue weighted by atomic mass is 16.2. The molecule has 0 heterocycles. The monoisotopic (exact) mass is 216 g/mol. The summed E-state index contributed by atoms with van der Waals surface area (Å²) in [5, 5.41) is 0. The van der Waals surface area contributed by atoms with Crippen molar-refractivity contribution in [2.24, 2.45) is 5.73 Å². The number of rotatable bonds is 4. The van der Waals surface area contributed by atoms with Gasteiger partial charge in [0.05, 0.1) is 6.54 Å². The van der Waals surface area contributed by atoms with Crippen molar-refractivity contribution in [3.8, 4) is 12.3 Å². The Bertz CT molecular complexity index is 381. The molecule has 3 nitrogen and oxygen atoms in total. The van der Waals surface area contributed by atoms with Gasteiger partial charge >= 0.3 is 0 Å². The maximum Gasteiger partial charge on any atom is 0.244 e. The van der Waals surface area contributed by atoms with E-state index in [9.17, 15) is 4.79 Å². The van der Waals surface area contributed by atoms with E-state index in [1.54, 1.807) is 4.90 Å². The summed E-state index contributed by atoms with van der Waals surface area (Å²) < 4.78 is 0. The van der Waals surface area contributed by atoms with Crippen LogP contribution in [0.15, 0.2) is 30.3 Å². The Morgan fingerprint density at radius 2 is 2.12 bits per heavy atom. The average molecular weight is 216 g/mol. The van der Waals surface area contributed by atoms with Gasteiger partial charge in [-0.3, -0.25) is 4.79 Å². The zero-order chi connectivity index (χ0) is 12.0. The lowest BCUT2D eigenvalue weighted by Gasteiger charge is -2.22. The number of benzene rings is 1. The number of terminal acetylenes is 1. The zero-order valence-electron chi connectivity index (χ0n) is 9.39. The third-order valence-corrected chi connectivity index (χ3v) is 2.40. The SMILES string of the molecule is C#CCN(CC)C(=O)[C@@H](N)c1ccccc1. The van der Waals surface area contributed by atoms with Crippen LogP contribution in [0.2, 0.25) is 0 Å². The first kappa shape index (κ1) is 12.3. The first-order chi connectivity index (χ1) is 7.70. The van der Waals surface area contributed by atoms with Crippen LogP contribution in [0.5, 0.6) is 0 Å². The molecule has 0 spiro atoms. The first-order valence-corrected chi connectivity index (χ1v) is 5.23. The van der Waals surface area contributed by atoms with Crippen LogP contribution in [0.4, 0.5) is 0 Å². The molecule has 0 aliphatic rings. The van der Waals surface area contributed by atoms with Crippen LogP contribution in [0.3, 0.4) is 0 Å². The Morgan fingerprint density at radius 3 is 2.62 bits per heavy atom. The Labute approximate surface area is 96.2 Å². The standard InChI is InChI=1S/C13H16N2O/c1-3-10-15(4-2)13(16)12(14)11-8-6-5-7-9-11/h1,5-9,12H,4,10,14H2,2H3/t12-/m0/s1. The molecule has 0 aliphatic heterocycles. The third-order valence-electron chi connectivity index (χ3n) is 2.40. The Kier molecular flexibility index (Phi) is 4.56. The molecule has 0 unspecified atom stereocenters. The maximum absolute atomic E-state index is 12.0. The van der Waals surface area contributed by atoms with Gasteiger partial charge in [-0.15, -0.1) is 6.42 Å². The summed E-state index contributed by atoms with van der Waals surface area (Å²) in [5.74, 6) is 2.32. The number of amides is 1. The molecule has 1 atom stereocenters. The van der Waals surface area contributed by atoms with Crippen molar-refractivity contribution in [3.05, 3.63) is 35.9 Å². The second kappa shape index (κ2) is 5.94. The Hall–Kier alpha value is -1.79. The molecule has 3 heteroatoms. The van der Waals surface area contributed by atoms with Gasteiger partial charge in [-0.2, -0.15) is 0 Å². The van der Waals surface area contributed by atoms with E-state index < -0.39 is 6.04 Å². The van der Waals surface area contributed by atoms with Crippen molar-refractivity contribution >= 4 is 5.91 Å². The lowest BCUT2D eigenvalue weighted by molar-refractivity contribution is -0.131. The number of hydrogen-bond donors (Lipinski definition) is 1. The molecule has 1 aromatic carbocycles. The highest BCUT2D eigenvalue weighted by Gasteiger charge is 2.20. The van der Waals surface area contributed by atoms with Crippen LogP contribution >= 0.6 is 0 Å². The molecule has 1 rings (SSSR count). The molecule has 84 valence electrons. The summed E-state index contributed by atoms with van der Waals surface area (Å²) >= 11 is 0. The second-order valence-corrected chi connectivity index (χ2v) is 3.44. The summed E-state index contributed by atoms with van der Waals surface area (Å²) in [6, 6.07) is 8.66. The fourth-order valence-electron chi connectivity index (χ4n) is 1.46. The molecule has 1 amide bonds. The molecule has 0 radical (unpaired) electrons. The van der Waals surface area contributed by atoms with E-state index in [0.717, 1.165) is 5.56 Å². The van der Waals surface area contributed by atoms with Gasteiger partial charge in [-0.25, -0.2) is 0 Å². The van der Waals surface area contributed by atoms with Crippen LogP contribution in [-0.4, -0.2) is 23.9 Å². The van der Waals surface area contributed by atoms with Gasteiger partial charge < -0.3 is 10.6 Å². The highest BCUT2D eigenvalue weighted by molar-refractivity contribution is 5.83. The molecule has 0 saturated heterocycles. The quantitative estimate of drug-likeness (QED) is 0.768. The van der Waals surface area contributed by atoms with Crippen LogP contribution in [0, 0.1) is 12.3 Å². The Balaban J connectivity index is 2.78. The van der Waals surface area contributed by atoms with Gasteiger partial charge in [-0.1, -0.05) is 36.3 Å². The molecule has 2 N–H and O–H groups in total. The predicted molar refractivity (Wildman–Crippen MR) is 64.5 cm³/mol. The van der Waals surface area contributed by atoms with E-state index in [0.29, 0.717) is 13.1 Å². The summed E-state index contributed by atoms with van der Waals surface area (Å²) in [5.41, 5.74) is 6.69. The molecular formula is C13H16N2O. The normalized spacial score (nSPS) is 11.6. The van der Waals surface area contributed by atoms with Crippen molar-refractivity contribution in [1.29, 1.82) is 0 Å². The van der Waals surface area contributed by atoms with Crippen molar-refractivity contribution in [2.75, 3.05) is 13.1 Å². The fraction of sp³-hybridized carbons (Fsp3) is 0.308. The summed E-state index contributed by atoms with van der Waals surface area (Å²) in [6.45, 7) is 2.76. The van der Waals surface area contributed by atoms with E-state index in [1.807, 2.05) is 37.3 Å². The van der Waals surface area contributed by atoms with Gasteiger partial charge in [0.2, 0.25) is 5.91 Å². The van der Waals surface area contributed by atoms with Gasteiger partial charge in [0, 0.05) is 6.54 Å².